The van der Waals surface area contributed by atoms with Gasteiger partial charge in [0.2, 0.25) is 5.91 Å². The SMILES string of the molecule is CSC(C)CNC(=O)CCNC(=O)OC(C)(C)C. The lowest BCUT2D eigenvalue weighted by atomic mass is 10.2. The summed E-state index contributed by atoms with van der Waals surface area (Å²) in [5, 5.41) is 5.74. The zero-order valence-corrected chi connectivity index (χ0v) is 12.6. The Morgan fingerprint density at radius 3 is 2.39 bits per heavy atom. The molecule has 0 aromatic heterocycles. The van der Waals surface area contributed by atoms with E-state index in [9.17, 15) is 9.59 Å². The second kappa shape index (κ2) is 8.24. The van der Waals surface area contributed by atoms with Gasteiger partial charge in [-0.25, -0.2) is 4.79 Å². The van der Waals surface area contributed by atoms with Crippen molar-refractivity contribution in [2.45, 2.75) is 45.0 Å². The molecule has 0 rings (SSSR count). The first-order chi connectivity index (χ1) is 8.24. The molecule has 2 amide bonds. The van der Waals surface area contributed by atoms with Gasteiger partial charge in [0.05, 0.1) is 0 Å². The number of amides is 2. The largest absolute Gasteiger partial charge is 0.444 e. The number of alkyl carbamates (subject to hydrolysis) is 1. The van der Waals surface area contributed by atoms with E-state index < -0.39 is 11.7 Å². The molecule has 106 valence electrons. The third-order valence-corrected chi connectivity index (χ3v) is 2.98. The van der Waals surface area contributed by atoms with E-state index in [2.05, 4.69) is 10.6 Å². The van der Waals surface area contributed by atoms with Gasteiger partial charge in [0.25, 0.3) is 0 Å². The van der Waals surface area contributed by atoms with E-state index in [0.717, 1.165) is 0 Å². The lowest BCUT2D eigenvalue weighted by molar-refractivity contribution is -0.120. The second-order valence-electron chi connectivity index (χ2n) is 5.03. The fraction of sp³-hybridized carbons (Fsp3) is 0.833. The Bertz CT molecular complexity index is 277. The van der Waals surface area contributed by atoms with Crippen LogP contribution < -0.4 is 10.6 Å². The number of thioether (sulfide) groups is 1. The van der Waals surface area contributed by atoms with Crippen LogP contribution in [0.3, 0.4) is 0 Å². The van der Waals surface area contributed by atoms with Gasteiger partial charge in [-0.3, -0.25) is 4.79 Å². The quantitative estimate of drug-likeness (QED) is 0.776. The van der Waals surface area contributed by atoms with Crippen LogP contribution >= 0.6 is 11.8 Å². The highest BCUT2D eigenvalue weighted by Crippen LogP contribution is 2.06. The molecule has 6 heteroatoms. The molecule has 0 saturated heterocycles. The number of carbonyl (C=O) groups excluding carboxylic acids is 2. The second-order valence-corrected chi connectivity index (χ2v) is 6.31. The van der Waals surface area contributed by atoms with Gasteiger partial charge in [0.15, 0.2) is 0 Å². The normalized spacial score (nSPS) is 12.7. The van der Waals surface area contributed by atoms with Crippen molar-refractivity contribution in [3.05, 3.63) is 0 Å². The minimum atomic E-state index is -0.514. The molecular weight excluding hydrogens is 252 g/mol. The van der Waals surface area contributed by atoms with Crippen LogP contribution in [0.2, 0.25) is 0 Å². The summed E-state index contributed by atoms with van der Waals surface area (Å²) in [6.07, 6.45) is 1.77. The van der Waals surface area contributed by atoms with Crippen LogP contribution in [-0.2, 0) is 9.53 Å². The fourth-order valence-corrected chi connectivity index (χ4v) is 1.27. The Morgan fingerprint density at radius 2 is 1.89 bits per heavy atom. The molecular formula is C12H24N2O3S. The van der Waals surface area contributed by atoms with Crippen LogP contribution in [0.5, 0.6) is 0 Å². The zero-order chi connectivity index (χ0) is 14.2. The summed E-state index contributed by atoms with van der Waals surface area (Å²) in [7, 11) is 0. The molecule has 0 bridgehead atoms. The van der Waals surface area contributed by atoms with Gasteiger partial charge >= 0.3 is 6.09 Å². The van der Waals surface area contributed by atoms with Crippen LogP contribution in [0.1, 0.15) is 34.1 Å². The standard InChI is InChI=1S/C12H24N2O3S/c1-9(18-5)8-14-10(15)6-7-13-11(16)17-12(2,3)4/h9H,6-8H2,1-5H3,(H,13,16)(H,14,15). The van der Waals surface area contributed by atoms with Crippen LogP contribution in [0, 0.1) is 0 Å². The summed E-state index contributed by atoms with van der Waals surface area (Å²) in [4.78, 5) is 22.7. The van der Waals surface area contributed by atoms with E-state index in [1.54, 1.807) is 32.5 Å². The maximum absolute atomic E-state index is 11.4. The number of carbonyl (C=O) groups is 2. The molecule has 1 atom stereocenters. The predicted octanol–water partition coefficient (Wildman–Crippen LogP) is 1.77. The van der Waals surface area contributed by atoms with Crippen molar-refractivity contribution in [1.82, 2.24) is 10.6 Å². The molecule has 0 aliphatic carbocycles. The van der Waals surface area contributed by atoms with Crippen molar-refractivity contribution in [3.63, 3.8) is 0 Å². The van der Waals surface area contributed by atoms with Gasteiger partial charge < -0.3 is 15.4 Å². The minimum absolute atomic E-state index is 0.0630. The molecule has 0 saturated carbocycles. The topological polar surface area (TPSA) is 67.4 Å². The Labute approximate surface area is 113 Å². The third-order valence-electron chi connectivity index (χ3n) is 2.01. The van der Waals surface area contributed by atoms with Gasteiger partial charge in [-0.1, -0.05) is 6.92 Å². The van der Waals surface area contributed by atoms with E-state index in [0.29, 0.717) is 11.8 Å². The third kappa shape index (κ3) is 10.3. The summed E-state index contributed by atoms with van der Waals surface area (Å²) < 4.78 is 5.05. The maximum Gasteiger partial charge on any atom is 0.407 e. The molecule has 0 aliphatic heterocycles. The molecule has 0 aromatic carbocycles. The Kier molecular flexibility index (Phi) is 7.82. The molecule has 0 aliphatic rings. The summed E-state index contributed by atoms with van der Waals surface area (Å²) in [6.45, 7) is 8.36. The molecule has 0 aromatic rings. The Morgan fingerprint density at radius 1 is 1.28 bits per heavy atom. The number of ether oxygens (including phenoxy) is 1. The van der Waals surface area contributed by atoms with E-state index in [-0.39, 0.29) is 18.9 Å². The summed E-state index contributed by atoms with van der Waals surface area (Å²) >= 11 is 1.70. The molecule has 1 unspecified atom stereocenters. The van der Waals surface area contributed by atoms with Gasteiger partial charge in [-0.05, 0) is 27.0 Å². The van der Waals surface area contributed by atoms with Crippen LogP contribution in [-0.4, -0.2) is 42.2 Å². The Balaban J connectivity index is 3.65. The van der Waals surface area contributed by atoms with Crippen molar-refractivity contribution < 1.29 is 14.3 Å². The Hall–Kier alpha value is -0.910. The van der Waals surface area contributed by atoms with Gasteiger partial charge in [0.1, 0.15) is 5.60 Å². The van der Waals surface area contributed by atoms with Crippen molar-refractivity contribution in [2.24, 2.45) is 0 Å². The lowest BCUT2D eigenvalue weighted by Gasteiger charge is -2.19. The molecule has 2 N–H and O–H groups in total. The fourth-order valence-electron chi connectivity index (χ4n) is 1.02. The van der Waals surface area contributed by atoms with Crippen LogP contribution in [0.25, 0.3) is 0 Å². The highest BCUT2D eigenvalue weighted by atomic mass is 32.2. The maximum atomic E-state index is 11.4. The lowest BCUT2D eigenvalue weighted by Crippen LogP contribution is -2.36. The average Bonchev–Trinajstić information content (AvgIpc) is 2.23. The number of hydrogen-bond acceptors (Lipinski definition) is 4. The summed E-state index contributed by atoms with van der Waals surface area (Å²) in [5.41, 5.74) is -0.514. The first-order valence-corrected chi connectivity index (χ1v) is 7.29. The molecule has 5 nitrogen and oxygen atoms in total. The molecule has 18 heavy (non-hydrogen) atoms. The van der Waals surface area contributed by atoms with Gasteiger partial charge in [-0.15, -0.1) is 0 Å². The van der Waals surface area contributed by atoms with Crippen molar-refractivity contribution in [3.8, 4) is 0 Å². The molecule has 0 heterocycles. The summed E-state index contributed by atoms with van der Waals surface area (Å²) in [5.74, 6) is -0.0630. The van der Waals surface area contributed by atoms with Gasteiger partial charge in [-0.2, -0.15) is 11.8 Å². The molecule has 0 radical (unpaired) electrons. The van der Waals surface area contributed by atoms with E-state index in [4.69, 9.17) is 4.74 Å². The monoisotopic (exact) mass is 276 g/mol. The van der Waals surface area contributed by atoms with E-state index in [1.807, 2.05) is 13.2 Å². The number of hydrogen-bond donors (Lipinski definition) is 2. The molecule has 0 spiro atoms. The first kappa shape index (κ1) is 17.1. The van der Waals surface area contributed by atoms with Crippen molar-refractivity contribution in [1.29, 1.82) is 0 Å². The average molecular weight is 276 g/mol. The minimum Gasteiger partial charge on any atom is -0.444 e. The predicted molar refractivity (Wildman–Crippen MR) is 74.8 cm³/mol. The number of nitrogens with one attached hydrogen (secondary N) is 2. The van der Waals surface area contributed by atoms with Gasteiger partial charge in [0, 0.05) is 24.8 Å². The zero-order valence-electron chi connectivity index (χ0n) is 11.8. The highest BCUT2D eigenvalue weighted by Gasteiger charge is 2.15. The highest BCUT2D eigenvalue weighted by molar-refractivity contribution is 7.99. The number of rotatable bonds is 6. The molecule has 0 fully saturated rings. The van der Waals surface area contributed by atoms with Crippen LogP contribution in [0.4, 0.5) is 4.79 Å². The first-order valence-electron chi connectivity index (χ1n) is 6.01. The van der Waals surface area contributed by atoms with Crippen LogP contribution in [0.15, 0.2) is 0 Å². The van der Waals surface area contributed by atoms with Crippen molar-refractivity contribution >= 4 is 23.8 Å². The summed E-state index contributed by atoms with van der Waals surface area (Å²) in [6, 6.07) is 0. The van der Waals surface area contributed by atoms with E-state index in [1.165, 1.54) is 0 Å². The van der Waals surface area contributed by atoms with Crippen molar-refractivity contribution in [2.75, 3.05) is 19.3 Å². The van der Waals surface area contributed by atoms with E-state index >= 15 is 0 Å². The smallest absolute Gasteiger partial charge is 0.407 e.